The van der Waals surface area contributed by atoms with Crippen molar-refractivity contribution in [1.29, 1.82) is 5.26 Å². The number of para-hydroxylation sites is 1. The minimum atomic E-state index is -0.473. The summed E-state index contributed by atoms with van der Waals surface area (Å²) in [4.78, 5) is 0. The van der Waals surface area contributed by atoms with Gasteiger partial charge in [0.05, 0.1) is 22.8 Å². The third kappa shape index (κ3) is 4.65. The highest BCUT2D eigenvalue weighted by atomic mass is 16.7. The molecule has 1 aliphatic heterocycles. The van der Waals surface area contributed by atoms with Gasteiger partial charge in [-0.1, -0.05) is 30.3 Å². The fraction of sp³-hybridized carbons (Fsp3) is 0.269. The van der Waals surface area contributed by atoms with E-state index in [2.05, 4.69) is 6.07 Å². The lowest BCUT2D eigenvalue weighted by molar-refractivity contribution is 0.00578. The number of nitriles is 1. The van der Waals surface area contributed by atoms with Crippen molar-refractivity contribution in [2.24, 2.45) is 0 Å². The molecule has 0 N–H and O–H groups in total. The van der Waals surface area contributed by atoms with E-state index in [1.165, 1.54) is 0 Å². The minimum absolute atomic E-state index is 0.407. The van der Waals surface area contributed by atoms with Crippen molar-refractivity contribution in [3.63, 3.8) is 0 Å². The van der Waals surface area contributed by atoms with Crippen LogP contribution in [0.2, 0.25) is 0 Å². The van der Waals surface area contributed by atoms with E-state index < -0.39 is 18.3 Å². The molecule has 0 unspecified atom stereocenters. The molecule has 1 saturated heterocycles. The molecule has 0 radical (unpaired) electrons. The van der Waals surface area contributed by atoms with Crippen LogP contribution < -0.4 is 14.9 Å². The molecule has 1 aliphatic rings. The highest BCUT2D eigenvalue weighted by molar-refractivity contribution is 6.63. The van der Waals surface area contributed by atoms with Crippen LogP contribution in [0.3, 0.4) is 0 Å². The first-order chi connectivity index (χ1) is 15.3. The van der Waals surface area contributed by atoms with E-state index in [9.17, 15) is 0 Å². The van der Waals surface area contributed by atoms with Crippen LogP contribution in [0.15, 0.2) is 72.8 Å². The maximum Gasteiger partial charge on any atom is 0.498 e. The zero-order valence-electron chi connectivity index (χ0n) is 18.8. The first kappa shape index (κ1) is 21.9. The molecule has 0 spiro atoms. The molecule has 0 bridgehead atoms. The number of hydrogen-bond acceptors (Lipinski definition) is 5. The largest absolute Gasteiger partial charge is 0.498 e. The van der Waals surface area contributed by atoms with Gasteiger partial charge in [0.25, 0.3) is 0 Å². The quantitative estimate of drug-likeness (QED) is 0.505. The lowest BCUT2D eigenvalue weighted by Crippen LogP contribution is -2.41. The number of ether oxygens (including phenoxy) is 2. The Morgan fingerprint density at radius 1 is 0.812 bits per heavy atom. The second kappa shape index (κ2) is 8.70. The molecule has 0 amide bonds. The van der Waals surface area contributed by atoms with Gasteiger partial charge in [0, 0.05) is 5.46 Å². The first-order valence-corrected chi connectivity index (χ1v) is 10.6. The second-order valence-corrected chi connectivity index (χ2v) is 8.80. The van der Waals surface area contributed by atoms with Gasteiger partial charge in [0.15, 0.2) is 0 Å². The molecule has 0 atom stereocenters. The predicted octanol–water partition coefficient (Wildman–Crippen LogP) is 5.23. The van der Waals surface area contributed by atoms with Crippen LogP contribution in [0.25, 0.3) is 0 Å². The van der Waals surface area contributed by atoms with Crippen molar-refractivity contribution >= 4 is 12.6 Å². The molecule has 3 aromatic carbocycles. The van der Waals surface area contributed by atoms with Crippen LogP contribution in [0.5, 0.6) is 17.2 Å². The monoisotopic (exact) mass is 427 g/mol. The highest BCUT2D eigenvalue weighted by Crippen LogP contribution is 2.37. The number of benzene rings is 3. The molecular formula is C26H26BNO4. The van der Waals surface area contributed by atoms with Gasteiger partial charge in [-0.3, -0.25) is 0 Å². The van der Waals surface area contributed by atoms with Gasteiger partial charge in [-0.15, -0.1) is 0 Å². The van der Waals surface area contributed by atoms with Gasteiger partial charge < -0.3 is 18.8 Å². The van der Waals surface area contributed by atoms with Crippen molar-refractivity contribution in [2.45, 2.75) is 45.5 Å². The van der Waals surface area contributed by atoms with Crippen LogP contribution in [0, 0.1) is 11.3 Å². The Kier molecular flexibility index (Phi) is 5.97. The third-order valence-corrected chi connectivity index (χ3v) is 5.96. The molecule has 5 nitrogen and oxygen atoms in total. The average molecular weight is 427 g/mol. The van der Waals surface area contributed by atoms with Crippen LogP contribution in [-0.4, -0.2) is 18.3 Å². The summed E-state index contributed by atoms with van der Waals surface area (Å²) in [7, 11) is -0.473. The number of rotatable bonds is 6. The Balaban J connectivity index is 1.41. The molecule has 1 fully saturated rings. The number of hydrogen-bond donors (Lipinski definition) is 0. The van der Waals surface area contributed by atoms with Crippen molar-refractivity contribution in [3.05, 3.63) is 83.9 Å². The summed E-state index contributed by atoms with van der Waals surface area (Å²) in [6.07, 6.45) is 0. The summed E-state index contributed by atoms with van der Waals surface area (Å²) in [6.45, 7) is 8.57. The van der Waals surface area contributed by atoms with E-state index in [4.69, 9.17) is 24.0 Å². The van der Waals surface area contributed by atoms with Crippen molar-refractivity contribution in [2.75, 3.05) is 0 Å². The molecule has 6 heteroatoms. The summed E-state index contributed by atoms with van der Waals surface area (Å²) in [5, 5.41) is 8.89. The maximum atomic E-state index is 8.89. The van der Waals surface area contributed by atoms with Gasteiger partial charge in [-0.05, 0) is 75.7 Å². The summed E-state index contributed by atoms with van der Waals surface area (Å²) >= 11 is 0. The van der Waals surface area contributed by atoms with Crippen LogP contribution in [0.1, 0.15) is 38.8 Å². The van der Waals surface area contributed by atoms with Crippen molar-refractivity contribution in [3.8, 4) is 23.3 Å². The van der Waals surface area contributed by atoms with E-state index in [0.29, 0.717) is 17.9 Å². The standard InChI is InChI=1S/C26H26BNO4/c1-25(2)26(3,4)32-27(31-25)23-7-5-6-8-24(23)29-18-20-11-15-22(16-12-20)30-21-13-9-19(17-28)10-14-21/h5-16H,18H2,1-4H3. The van der Waals surface area contributed by atoms with Gasteiger partial charge in [-0.2, -0.15) is 5.26 Å². The van der Waals surface area contributed by atoms with E-state index in [-0.39, 0.29) is 0 Å². The minimum Gasteiger partial charge on any atom is -0.489 e. The Morgan fingerprint density at radius 3 is 1.97 bits per heavy atom. The molecule has 4 rings (SSSR count). The van der Waals surface area contributed by atoms with Crippen molar-refractivity contribution < 1.29 is 18.8 Å². The fourth-order valence-electron chi connectivity index (χ4n) is 3.33. The Bertz CT molecular complexity index is 1100. The smallest absolute Gasteiger partial charge is 0.489 e. The molecule has 32 heavy (non-hydrogen) atoms. The molecule has 1 heterocycles. The third-order valence-electron chi connectivity index (χ3n) is 5.96. The lowest BCUT2D eigenvalue weighted by atomic mass is 9.78. The molecular weight excluding hydrogens is 401 g/mol. The van der Waals surface area contributed by atoms with E-state index >= 15 is 0 Å². The normalized spacial score (nSPS) is 16.4. The van der Waals surface area contributed by atoms with Crippen LogP contribution >= 0.6 is 0 Å². The summed E-state index contributed by atoms with van der Waals surface area (Å²) in [5.41, 5.74) is 1.68. The summed E-state index contributed by atoms with van der Waals surface area (Å²) in [5.74, 6) is 2.14. The molecule has 3 aromatic rings. The summed E-state index contributed by atoms with van der Waals surface area (Å²) in [6, 6.07) is 24.7. The Hall–Kier alpha value is -3.27. The van der Waals surface area contributed by atoms with Gasteiger partial charge in [-0.25, -0.2) is 0 Å². The fourth-order valence-corrected chi connectivity index (χ4v) is 3.33. The predicted molar refractivity (Wildman–Crippen MR) is 124 cm³/mol. The van der Waals surface area contributed by atoms with Crippen LogP contribution in [0.4, 0.5) is 0 Å². The summed E-state index contributed by atoms with van der Waals surface area (Å²) < 4.78 is 24.3. The van der Waals surface area contributed by atoms with E-state index in [1.54, 1.807) is 24.3 Å². The Morgan fingerprint density at radius 2 is 1.38 bits per heavy atom. The van der Waals surface area contributed by atoms with Crippen LogP contribution in [-0.2, 0) is 15.9 Å². The molecule has 162 valence electrons. The molecule has 0 saturated carbocycles. The molecule has 0 aliphatic carbocycles. The zero-order valence-corrected chi connectivity index (χ0v) is 18.8. The van der Waals surface area contributed by atoms with E-state index in [0.717, 1.165) is 22.5 Å². The zero-order chi connectivity index (χ0) is 22.8. The first-order valence-electron chi connectivity index (χ1n) is 10.6. The Labute approximate surface area is 189 Å². The highest BCUT2D eigenvalue weighted by Gasteiger charge is 2.52. The topological polar surface area (TPSA) is 60.7 Å². The number of nitrogens with zero attached hydrogens (tertiary/aromatic N) is 1. The molecule has 0 aromatic heterocycles. The lowest BCUT2D eigenvalue weighted by Gasteiger charge is -2.32. The maximum absolute atomic E-state index is 8.89. The van der Waals surface area contributed by atoms with Crippen molar-refractivity contribution in [1.82, 2.24) is 0 Å². The van der Waals surface area contributed by atoms with Gasteiger partial charge in [0.1, 0.15) is 23.9 Å². The average Bonchev–Trinajstić information content (AvgIpc) is 3.01. The van der Waals surface area contributed by atoms with Gasteiger partial charge >= 0.3 is 7.12 Å². The SMILES string of the molecule is CC1(C)OB(c2ccccc2OCc2ccc(Oc3ccc(C#N)cc3)cc2)OC1(C)C. The second-order valence-electron chi connectivity index (χ2n) is 8.80. The van der Waals surface area contributed by atoms with Gasteiger partial charge in [0.2, 0.25) is 0 Å². The van der Waals surface area contributed by atoms with E-state index in [1.807, 2.05) is 76.2 Å².